The number of aliphatic carboxylic acids is 1. The Morgan fingerprint density at radius 1 is 1.13 bits per heavy atom. The number of carboxylic acids is 1. The molecule has 1 aromatic heterocycles. The molecular weight excluding hydrogens is 402 g/mol. The zero-order valence-corrected chi connectivity index (χ0v) is 17.1. The number of benzene rings is 3. The van der Waals surface area contributed by atoms with Gasteiger partial charge < -0.3 is 14.4 Å². The molecule has 0 bridgehead atoms. The van der Waals surface area contributed by atoms with Crippen LogP contribution in [0.5, 0.6) is 5.75 Å². The van der Waals surface area contributed by atoms with Crippen LogP contribution in [0, 0.1) is 0 Å². The molecule has 0 aliphatic rings. The molecule has 152 valence electrons. The summed E-state index contributed by atoms with van der Waals surface area (Å²) in [5, 5.41) is 15.1. The van der Waals surface area contributed by atoms with Gasteiger partial charge in [0.1, 0.15) is 11.3 Å². The van der Waals surface area contributed by atoms with E-state index in [0.29, 0.717) is 34.0 Å². The second kappa shape index (κ2) is 8.59. The van der Waals surface area contributed by atoms with Crippen LogP contribution in [0.4, 0.5) is 0 Å². The van der Waals surface area contributed by atoms with Gasteiger partial charge in [0.15, 0.2) is 5.76 Å². The smallest absolute Gasteiger partial charge is 0.349 e. The minimum Gasteiger partial charge on any atom is -0.478 e. The zero-order valence-electron chi connectivity index (χ0n) is 16.3. The van der Waals surface area contributed by atoms with E-state index in [1.165, 1.54) is 0 Å². The average Bonchev–Trinajstić information content (AvgIpc) is 3.18. The lowest BCUT2D eigenvalue weighted by molar-refractivity contribution is -0.145. The average molecular weight is 422 g/mol. The van der Waals surface area contributed by atoms with Gasteiger partial charge in [0, 0.05) is 16.7 Å². The van der Waals surface area contributed by atoms with Crippen LogP contribution < -0.4 is 4.74 Å². The van der Waals surface area contributed by atoms with E-state index in [4.69, 9.17) is 20.9 Å². The second-order valence-corrected chi connectivity index (χ2v) is 7.34. The number of aromatic nitrogens is 1. The third-order valence-electron chi connectivity index (χ3n) is 4.87. The Balaban J connectivity index is 1.85. The van der Waals surface area contributed by atoms with Crippen LogP contribution in [-0.2, 0) is 11.2 Å². The molecule has 1 N–H and O–H groups in total. The summed E-state index contributed by atoms with van der Waals surface area (Å²) in [7, 11) is 0. The first-order chi connectivity index (χ1) is 14.6. The lowest BCUT2D eigenvalue weighted by atomic mass is 10.0. The SMILES string of the molecule is CCCc1c(OC(C(=O)O)c2ccccc2)c(Cl)cc2c(-c3ccccc3)onc12. The number of carbonyl (C=O) groups is 1. The lowest BCUT2D eigenvalue weighted by Gasteiger charge is -2.19. The number of ether oxygens (including phenoxy) is 1. The molecule has 3 aromatic carbocycles. The fourth-order valence-corrected chi connectivity index (χ4v) is 3.77. The molecule has 1 atom stereocenters. The fourth-order valence-electron chi connectivity index (χ4n) is 3.51. The van der Waals surface area contributed by atoms with E-state index in [1.54, 1.807) is 30.3 Å². The molecule has 30 heavy (non-hydrogen) atoms. The summed E-state index contributed by atoms with van der Waals surface area (Å²) in [6, 6.07) is 20.2. The van der Waals surface area contributed by atoms with Crippen LogP contribution >= 0.6 is 11.6 Å². The van der Waals surface area contributed by atoms with Gasteiger partial charge in [0.05, 0.1) is 10.4 Å². The van der Waals surface area contributed by atoms with Crippen molar-refractivity contribution in [2.24, 2.45) is 0 Å². The van der Waals surface area contributed by atoms with E-state index in [0.717, 1.165) is 22.9 Å². The molecule has 6 heteroatoms. The molecule has 4 rings (SSSR count). The van der Waals surface area contributed by atoms with Gasteiger partial charge in [0.25, 0.3) is 0 Å². The molecule has 4 aromatic rings. The Hall–Kier alpha value is -3.31. The Labute approximate surface area is 178 Å². The van der Waals surface area contributed by atoms with Crippen molar-refractivity contribution in [1.29, 1.82) is 0 Å². The molecule has 0 fully saturated rings. The number of carboxylic acid groups (broad SMARTS) is 1. The van der Waals surface area contributed by atoms with Crippen molar-refractivity contribution >= 4 is 28.5 Å². The van der Waals surface area contributed by atoms with Crippen molar-refractivity contribution < 1.29 is 19.2 Å². The van der Waals surface area contributed by atoms with Gasteiger partial charge in [-0.2, -0.15) is 0 Å². The minimum atomic E-state index is -1.18. The third-order valence-corrected chi connectivity index (χ3v) is 5.15. The van der Waals surface area contributed by atoms with Crippen molar-refractivity contribution in [2.75, 3.05) is 0 Å². The molecule has 0 aliphatic carbocycles. The first-order valence-electron chi connectivity index (χ1n) is 9.70. The lowest BCUT2D eigenvalue weighted by Crippen LogP contribution is -2.19. The van der Waals surface area contributed by atoms with Crippen molar-refractivity contribution in [1.82, 2.24) is 5.16 Å². The quantitative estimate of drug-likeness (QED) is 0.378. The normalized spacial score (nSPS) is 12.1. The van der Waals surface area contributed by atoms with Crippen LogP contribution in [0.15, 0.2) is 71.3 Å². The van der Waals surface area contributed by atoms with Crippen molar-refractivity contribution in [2.45, 2.75) is 25.9 Å². The zero-order chi connectivity index (χ0) is 21.1. The van der Waals surface area contributed by atoms with Crippen LogP contribution in [0.25, 0.3) is 22.2 Å². The topological polar surface area (TPSA) is 72.6 Å². The predicted molar refractivity (Wildman–Crippen MR) is 116 cm³/mol. The Morgan fingerprint density at radius 3 is 2.43 bits per heavy atom. The molecule has 0 radical (unpaired) electrons. The Morgan fingerprint density at radius 2 is 1.80 bits per heavy atom. The summed E-state index contributed by atoms with van der Waals surface area (Å²) in [4.78, 5) is 11.9. The number of nitrogens with zero attached hydrogens (tertiary/aromatic N) is 1. The van der Waals surface area contributed by atoms with E-state index in [-0.39, 0.29) is 0 Å². The van der Waals surface area contributed by atoms with Gasteiger partial charge in [-0.15, -0.1) is 0 Å². The number of aryl methyl sites for hydroxylation is 1. The highest BCUT2D eigenvalue weighted by Crippen LogP contribution is 2.41. The van der Waals surface area contributed by atoms with Crippen LogP contribution in [0.3, 0.4) is 0 Å². The second-order valence-electron chi connectivity index (χ2n) is 6.94. The maximum absolute atomic E-state index is 11.9. The number of hydrogen-bond donors (Lipinski definition) is 1. The fraction of sp³-hybridized carbons (Fsp3) is 0.167. The van der Waals surface area contributed by atoms with E-state index in [1.807, 2.05) is 43.3 Å². The summed E-state index contributed by atoms with van der Waals surface area (Å²) in [5.41, 5.74) is 2.80. The van der Waals surface area contributed by atoms with Gasteiger partial charge in [-0.3, -0.25) is 0 Å². The Kier molecular flexibility index (Phi) is 5.72. The standard InChI is InChI=1S/C24H20ClNO4/c1-2-9-17-20-18(21(30-26-20)15-10-5-3-6-11-15)14-19(25)23(17)29-22(24(27)28)16-12-7-4-8-13-16/h3-8,10-14,22H,2,9H2,1H3,(H,27,28). The van der Waals surface area contributed by atoms with Crippen molar-refractivity contribution in [3.63, 3.8) is 0 Å². The van der Waals surface area contributed by atoms with Gasteiger partial charge in [-0.05, 0) is 12.5 Å². The molecule has 1 unspecified atom stereocenters. The number of rotatable bonds is 7. The van der Waals surface area contributed by atoms with Crippen LogP contribution in [0.2, 0.25) is 5.02 Å². The summed E-state index contributed by atoms with van der Waals surface area (Å²) in [6.45, 7) is 2.03. The van der Waals surface area contributed by atoms with E-state index in [9.17, 15) is 9.90 Å². The molecule has 0 amide bonds. The van der Waals surface area contributed by atoms with E-state index in [2.05, 4.69) is 5.16 Å². The highest BCUT2D eigenvalue weighted by molar-refractivity contribution is 6.33. The van der Waals surface area contributed by atoms with Crippen molar-refractivity contribution in [3.8, 4) is 17.1 Å². The molecule has 0 aliphatic heterocycles. The Bertz CT molecular complexity index is 1170. The predicted octanol–water partition coefficient (Wildman–Crippen LogP) is 6.31. The van der Waals surface area contributed by atoms with Gasteiger partial charge in [0.2, 0.25) is 6.10 Å². The third kappa shape index (κ3) is 3.76. The van der Waals surface area contributed by atoms with E-state index < -0.39 is 12.1 Å². The molecule has 1 heterocycles. The first kappa shape index (κ1) is 20.0. The van der Waals surface area contributed by atoms with Gasteiger partial charge in [-0.1, -0.05) is 90.8 Å². The molecule has 0 saturated carbocycles. The van der Waals surface area contributed by atoms with Gasteiger partial charge >= 0.3 is 5.97 Å². The molecule has 0 spiro atoms. The molecular formula is C24H20ClNO4. The number of fused-ring (bicyclic) bond motifs is 1. The highest BCUT2D eigenvalue weighted by Gasteiger charge is 2.27. The van der Waals surface area contributed by atoms with Crippen molar-refractivity contribution in [3.05, 3.63) is 82.9 Å². The summed E-state index contributed by atoms with van der Waals surface area (Å²) in [5.74, 6) is -0.144. The minimum absolute atomic E-state index is 0.327. The highest BCUT2D eigenvalue weighted by atomic mass is 35.5. The maximum Gasteiger partial charge on any atom is 0.349 e. The van der Waals surface area contributed by atoms with Crippen LogP contribution in [-0.4, -0.2) is 16.2 Å². The summed E-state index contributed by atoms with van der Waals surface area (Å²) < 4.78 is 11.6. The van der Waals surface area contributed by atoms with Crippen LogP contribution in [0.1, 0.15) is 30.6 Å². The summed E-state index contributed by atoms with van der Waals surface area (Å²) in [6.07, 6.45) is 0.244. The largest absolute Gasteiger partial charge is 0.478 e. The summed E-state index contributed by atoms with van der Waals surface area (Å²) >= 11 is 6.61. The van der Waals surface area contributed by atoms with E-state index >= 15 is 0 Å². The number of halogens is 1. The molecule has 5 nitrogen and oxygen atoms in total. The molecule has 0 saturated heterocycles. The monoisotopic (exact) mass is 421 g/mol. The van der Waals surface area contributed by atoms with Gasteiger partial charge in [-0.25, -0.2) is 4.79 Å². The number of hydrogen-bond acceptors (Lipinski definition) is 4. The first-order valence-corrected chi connectivity index (χ1v) is 10.1. The maximum atomic E-state index is 11.9.